The molecule has 0 fully saturated rings. The van der Waals surface area contributed by atoms with Gasteiger partial charge >= 0.3 is 0 Å². The van der Waals surface area contributed by atoms with Crippen LogP contribution in [0.25, 0.3) is 22.6 Å². The van der Waals surface area contributed by atoms with Crippen LogP contribution in [0.4, 0.5) is 0 Å². The highest BCUT2D eigenvalue weighted by Gasteiger charge is 2.22. The summed E-state index contributed by atoms with van der Waals surface area (Å²) in [6.07, 6.45) is 3.40. The minimum atomic E-state index is 0.856. The van der Waals surface area contributed by atoms with Crippen LogP contribution < -0.4 is 4.74 Å². The molecule has 0 aliphatic carbocycles. The normalized spacial score (nSPS) is 11.3. The fraction of sp³-hybridized carbons (Fsp3) is 0.364. The van der Waals surface area contributed by atoms with Gasteiger partial charge in [0.1, 0.15) is 11.6 Å². The van der Waals surface area contributed by atoms with Gasteiger partial charge in [-0.25, -0.2) is 4.98 Å². The molecule has 0 spiro atoms. The molecule has 4 heteroatoms. The highest BCUT2D eigenvalue weighted by molar-refractivity contribution is 5.68. The van der Waals surface area contributed by atoms with E-state index < -0.39 is 0 Å². The number of methoxy groups -OCH3 is 1. The molecule has 3 aromatic carbocycles. The topological polar surface area (TPSA) is 30.3 Å². The lowest BCUT2D eigenvalue weighted by Gasteiger charge is -2.25. The summed E-state index contributed by atoms with van der Waals surface area (Å²) in [5, 5.41) is 0. The summed E-state index contributed by atoms with van der Waals surface area (Å²) in [7, 11) is 1.75. The van der Waals surface area contributed by atoms with Crippen LogP contribution in [0, 0.1) is 13.8 Å². The number of benzene rings is 3. The molecule has 0 atom stereocenters. The second-order valence-corrected chi connectivity index (χ2v) is 9.93. The molecule has 0 aliphatic heterocycles. The number of hydrogen-bond acceptors (Lipinski definition) is 3. The van der Waals surface area contributed by atoms with Gasteiger partial charge in [0.15, 0.2) is 0 Å². The van der Waals surface area contributed by atoms with Crippen molar-refractivity contribution < 1.29 is 4.74 Å². The fourth-order valence-electron chi connectivity index (χ4n) is 5.03. The molecule has 0 unspecified atom stereocenters. The molecule has 0 saturated carbocycles. The number of aromatic nitrogens is 2. The Hall–Kier alpha value is -3.37. The van der Waals surface area contributed by atoms with Crippen molar-refractivity contribution >= 4 is 0 Å². The van der Waals surface area contributed by atoms with Gasteiger partial charge in [-0.15, -0.1) is 0 Å². The van der Waals surface area contributed by atoms with Gasteiger partial charge in [0.05, 0.1) is 18.5 Å². The summed E-state index contributed by atoms with van der Waals surface area (Å²) in [6.45, 7) is 12.6. The maximum atomic E-state index is 5.57. The molecule has 194 valence electrons. The number of imidazole rings is 1. The summed E-state index contributed by atoms with van der Waals surface area (Å²) in [5.41, 5.74) is 8.56. The predicted octanol–water partition coefficient (Wildman–Crippen LogP) is 8.05. The molecule has 0 aliphatic rings. The van der Waals surface area contributed by atoms with Crippen molar-refractivity contribution in [1.82, 2.24) is 14.5 Å². The maximum absolute atomic E-state index is 5.57. The molecule has 0 amide bonds. The van der Waals surface area contributed by atoms with Gasteiger partial charge in [0.2, 0.25) is 0 Å². The predicted molar refractivity (Wildman–Crippen MR) is 155 cm³/mol. The molecule has 1 aromatic heterocycles. The quantitative estimate of drug-likeness (QED) is 0.199. The zero-order chi connectivity index (χ0) is 26.2. The molecular formula is C33H41N3O. The number of aryl methyl sites for hydroxylation is 2. The highest BCUT2D eigenvalue weighted by Crippen LogP contribution is 2.32. The monoisotopic (exact) mass is 495 g/mol. The highest BCUT2D eigenvalue weighted by atomic mass is 16.5. The number of nitrogens with zero attached hydrogens (tertiary/aromatic N) is 3. The summed E-state index contributed by atoms with van der Waals surface area (Å²) < 4.78 is 8.03. The second kappa shape index (κ2) is 12.7. The number of ether oxygens (including phenoxy) is 1. The van der Waals surface area contributed by atoms with E-state index >= 15 is 0 Å². The van der Waals surface area contributed by atoms with Crippen LogP contribution in [0.3, 0.4) is 0 Å². The zero-order valence-corrected chi connectivity index (χ0v) is 23.1. The van der Waals surface area contributed by atoms with Crippen LogP contribution >= 0.6 is 0 Å². The third kappa shape index (κ3) is 6.31. The Morgan fingerprint density at radius 1 is 0.811 bits per heavy atom. The standard InChI is InChI=1S/C33H41N3O/c1-6-8-20-35(23-29-21-26(4)31(37-5)22-25(29)3)24-30-32(27-15-11-9-12-16-27)34-33(36(30)19-7-2)28-17-13-10-14-18-28/h9-18,21-22H,6-8,19-20,23-24H2,1-5H3. The Morgan fingerprint density at radius 3 is 2.11 bits per heavy atom. The molecular weight excluding hydrogens is 454 g/mol. The molecule has 37 heavy (non-hydrogen) atoms. The van der Waals surface area contributed by atoms with Crippen molar-refractivity contribution in [2.24, 2.45) is 0 Å². The minimum absolute atomic E-state index is 0.856. The SMILES string of the molecule is CCCCN(Cc1cc(C)c(OC)cc1C)Cc1c(-c2ccccc2)nc(-c2ccccc2)n1CCC. The molecule has 0 N–H and O–H groups in total. The number of unbranched alkanes of at least 4 members (excludes halogenated alkanes) is 1. The van der Waals surface area contributed by atoms with Gasteiger partial charge < -0.3 is 9.30 Å². The van der Waals surface area contributed by atoms with E-state index in [4.69, 9.17) is 9.72 Å². The van der Waals surface area contributed by atoms with E-state index in [1.165, 1.54) is 46.4 Å². The zero-order valence-electron chi connectivity index (χ0n) is 23.1. The van der Waals surface area contributed by atoms with E-state index in [0.717, 1.165) is 49.9 Å². The first-order chi connectivity index (χ1) is 18.0. The fourth-order valence-corrected chi connectivity index (χ4v) is 5.03. The third-order valence-electron chi connectivity index (χ3n) is 7.05. The molecule has 4 nitrogen and oxygen atoms in total. The first kappa shape index (κ1) is 26.7. The lowest BCUT2D eigenvalue weighted by molar-refractivity contribution is 0.246. The lowest BCUT2D eigenvalue weighted by Crippen LogP contribution is -2.26. The van der Waals surface area contributed by atoms with Crippen LogP contribution in [-0.2, 0) is 19.6 Å². The first-order valence-corrected chi connectivity index (χ1v) is 13.6. The van der Waals surface area contributed by atoms with E-state index in [1.54, 1.807) is 7.11 Å². The van der Waals surface area contributed by atoms with Crippen molar-refractivity contribution in [2.75, 3.05) is 13.7 Å². The molecule has 0 bridgehead atoms. The largest absolute Gasteiger partial charge is 0.496 e. The van der Waals surface area contributed by atoms with Crippen LogP contribution in [-0.4, -0.2) is 28.1 Å². The molecule has 4 rings (SSSR count). The van der Waals surface area contributed by atoms with Gasteiger partial charge in [0.25, 0.3) is 0 Å². The van der Waals surface area contributed by atoms with Crippen molar-refractivity contribution in [2.45, 2.75) is 66.6 Å². The average molecular weight is 496 g/mol. The summed E-state index contributed by atoms with van der Waals surface area (Å²) in [5.74, 6) is 2.02. The van der Waals surface area contributed by atoms with Crippen molar-refractivity contribution in [3.63, 3.8) is 0 Å². The first-order valence-electron chi connectivity index (χ1n) is 13.6. The van der Waals surface area contributed by atoms with Crippen LogP contribution in [0.15, 0.2) is 72.8 Å². The van der Waals surface area contributed by atoms with E-state index in [1.807, 2.05) is 0 Å². The van der Waals surface area contributed by atoms with Crippen molar-refractivity contribution in [3.8, 4) is 28.4 Å². The van der Waals surface area contributed by atoms with Gasteiger partial charge in [-0.05, 0) is 56.0 Å². The van der Waals surface area contributed by atoms with E-state index in [2.05, 4.69) is 110 Å². The van der Waals surface area contributed by atoms with Crippen molar-refractivity contribution in [1.29, 1.82) is 0 Å². The lowest BCUT2D eigenvalue weighted by atomic mass is 10.0. The molecule has 0 saturated heterocycles. The maximum Gasteiger partial charge on any atom is 0.140 e. The van der Waals surface area contributed by atoms with Crippen LogP contribution in [0.1, 0.15) is 55.5 Å². The van der Waals surface area contributed by atoms with E-state index in [9.17, 15) is 0 Å². The van der Waals surface area contributed by atoms with Gasteiger partial charge in [0, 0.05) is 30.8 Å². The molecule has 1 heterocycles. The second-order valence-electron chi connectivity index (χ2n) is 9.93. The van der Waals surface area contributed by atoms with Gasteiger partial charge in [-0.1, -0.05) is 87.0 Å². The third-order valence-corrected chi connectivity index (χ3v) is 7.05. The van der Waals surface area contributed by atoms with E-state index in [0.29, 0.717) is 0 Å². The summed E-state index contributed by atoms with van der Waals surface area (Å²) >= 11 is 0. The van der Waals surface area contributed by atoms with Crippen LogP contribution in [0.5, 0.6) is 5.75 Å². The van der Waals surface area contributed by atoms with Crippen molar-refractivity contribution in [3.05, 3.63) is 95.2 Å². The summed E-state index contributed by atoms with van der Waals surface area (Å²) in [4.78, 5) is 7.88. The Kier molecular flexibility index (Phi) is 9.19. The minimum Gasteiger partial charge on any atom is -0.496 e. The van der Waals surface area contributed by atoms with Gasteiger partial charge in [-0.3, -0.25) is 4.90 Å². The molecule has 4 aromatic rings. The van der Waals surface area contributed by atoms with Gasteiger partial charge in [-0.2, -0.15) is 0 Å². The Balaban J connectivity index is 1.79. The summed E-state index contributed by atoms with van der Waals surface area (Å²) in [6, 6.07) is 25.8. The van der Waals surface area contributed by atoms with E-state index in [-0.39, 0.29) is 0 Å². The Morgan fingerprint density at radius 2 is 1.49 bits per heavy atom. The number of hydrogen-bond donors (Lipinski definition) is 0. The number of rotatable bonds is 12. The average Bonchev–Trinajstić information content (AvgIpc) is 3.28. The Bertz CT molecular complexity index is 1280. The van der Waals surface area contributed by atoms with Crippen LogP contribution in [0.2, 0.25) is 0 Å². The molecule has 0 radical (unpaired) electrons. The smallest absolute Gasteiger partial charge is 0.140 e. The Labute approximate surface area is 222 Å².